The number of nitrogens with one attached hydrogen (secondary N) is 1. The zero-order valence-electron chi connectivity index (χ0n) is 7.95. The van der Waals surface area contributed by atoms with Crippen molar-refractivity contribution >= 4 is 0 Å². The number of H-pyrrole nitrogens is 1. The molecule has 0 aliphatic rings. The number of rotatable bonds is 4. The number of aryl methyl sites for hydroxylation is 1. The van der Waals surface area contributed by atoms with E-state index in [2.05, 4.69) is 11.6 Å². The molecule has 0 spiro atoms. The first-order chi connectivity index (χ1) is 6.65. The largest absolute Gasteiger partial charge is 0.357 e. The minimum Gasteiger partial charge on any atom is -0.357 e. The predicted octanol–water partition coefficient (Wildman–Crippen LogP) is 0.00512. The zero-order chi connectivity index (χ0) is 10.6. The van der Waals surface area contributed by atoms with Crippen LogP contribution in [0.1, 0.15) is 5.69 Å². The van der Waals surface area contributed by atoms with Crippen molar-refractivity contribution in [1.29, 1.82) is 0 Å². The Hall–Kier alpha value is -1.62. The summed E-state index contributed by atoms with van der Waals surface area (Å²) in [6.45, 7) is 5.64. The summed E-state index contributed by atoms with van der Waals surface area (Å²) in [5.74, 6) is 0. The second kappa shape index (κ2) is 4.57. The SMILES string of the molecule is C=CCOCn1c(C)cc(=O)[nH]c1=O. The fraction of sp³-hybridized carbons (Fsp3) is 0.333. The Balaban J connectivity index is 2.91. The second-order valence-electron chi connectivity index (χ2n) is 2.80. The van der Waals surface area contributed by atoms with Crippen molar-refractivity contribution in [2.24, 2.45) is 0 Å². The molecule has 0 bridgehead atoms. The van der Waals surface area contributed by atoms with Gasteiger partial charge in [-0.15, -0.1) is 6.58 Å². The Morgan fingerprint density at radius 3 is 2.93 bits per heavy atom. The molecule has 1 aromatic rings. The summed E-state index contributed by atoms with van der Waals surface area (Å²) in [5, 5.41) is 0. The van der Waals surface area contributed by atoms with Crippen LogP contribution < -0.4 is 11.2 Å². The minimum atomic E-state index is -0.459. The van der Waals surface area contributed by atoms with Gasteiger partial charge >= 0.3 is 5.69 Å². The summed E-state index contributed by atoms with van der Waals surface area (Å²) >= 11 is 0. The fourth-order valence-corrected chi connectivity index (χ4v) is 1.02. The van der Waals surface area contributed by atoms with Gasteiger partial charge in [0.2, 0.25) is 0 Å². The number of hydrogen-bond donors (Lipinski definition) is 1. The Morgan fingerprint density at radius 1 is 1.64 bits per heavy atom. The monoisotopic (exact) mass is 196 g/mol. The first-order valence-electron chi connectivity index (χ1n) is 4.14. The molecule has 1 heterocycles. The molecule has 5 nitrogen and oxygen atoms in total. The third-order valence-corrected chi connectivity index (χ3v) is 1.70. The smallest absolute Gasteiger partial charge is 0.330 e. The van der Waals surface area contributed by atoms with Crippen molar-refractivity contribution in [3.63, 3.8) is 0 Å². The number of aromatic nitrogens is 2. The quantitative estimate of drug-likeness (QED) is 0.544. The molecule has 14 heavy (non-hydrogen) atoms. The van der Waals surface area contributed by atoms with E-state index in [1.54, 1.807) is 13.0 Å². The first kappa shape index (κ1) is 10.5. The maximum Gasteiger partial charge on any atom is 0.330 e. The summed E-state index contributed by atoms with van der Waals surface area (Å²) in [7, 11) is 0. The van der Waals surface area contributed by atoms with Gasteiger partial charge < -0.3 is 4.74 Å². The number of aromatic amines is 1. The molecule has 76 valence electrons. The average Bonchev–Trinajstić information content (AvgIpc) is 2.09. The Kier molecular flexibility index (Phi) is 3.41. The lowest BCUT2D eigenvalue weighted by Gasteiger charge is -2.07. The maximum absolute atomic E-state index is 11.3. The van der Waals surface area contributed by atoms with E-state index in [4.69, 9.17) is 4.74 Å². The van der Waals surface area contributed by atoms with Gasteiger partial charge in [-0.3, -0.25) is 14.3 Å². The Morgan fingerprint density at radius 2 is 2.36 bits per heavy atom. The highest BCUT2D eigenvalue weighted by molar-refractivity contribution is 4.97. The van der Waals surface area contributed by atoms with Crippen LogP contribution in [-0.4, -0.2) is 16.2 Å². The van der Waals surface area contributed by atoms with Crippen LogP contribution in [-0.2, 0) is 11.5 Å². The predicted molar refractivity (Wildman–Crippen MR) is 52.2 cm³/mol. The number of nitrogens with zero attached hydrogens (tertiary/aromatic N) is 1. The van der Waals surface area contributed by atoms with Crippen LogP contribution in [0.2, 0.25) is 0 Å². The number of ether oxygens (including phenoxy) is 1. The lowest BCUT2D eigenvalue weighted by Crippen LogP contribution is -2.31. The van der Waals surface area contributed by atoms with E-state index in [9.17, 15) is 9.59 Å². The highest BCUT2D eigenvalue weighted by Gasteiger charge is 2.00. The maximum atomic E-state index is 11.3. The first-order valence-corrected chi connectivity index (χ1v) is 4.14. The summed E-state index contributed by atoms with van der Waals surface area (Å²) in [4.78, 5) is 24.3. The van der Waals surface area contributed by atoms with Crippen LogP contribution in [0.5, 0.6) is 0 Å². The standard InChI is InChI=1S/C9H12N2O3/c1-3-4-14-6-11-7(2)5-8(12)10-9(11)13/h3,5H,1,4,6H2,2H3,(H,10,12,13). The molecule has 0 atom stereocenters. The van der Waals surface area contributed by atoms with Crippen LogP contribution in [0.4, 0.5) is 0 Å². The van der Waals surface area contributed by atoms with Gasteiger partial charge in [0, 0.05) is 11.8 Å². The zero-order valence-corrected chi connectivity index (χ0v) is 7.95. The average molecular weight is 196 g/mol. The summed E-state index contributed by atoms with van der Waals surface area (Å²) in [6.07, 6.45) is 1.59. The van der Waals surface area contributed by atoms with Crippen molar-refractivity contribution < 1.29 is 4.74 Å². The van der Waals surface area contributed by atoms with E-state index < -0.39 is 11.2 Å². The van der Waals surface area contributed by atoms with E-state index in [1.165, 1.54) is 10.6 Å². The lowest BCUT2D eigenvalue weighted by molar-refractivity contribution is 0.0950. The fourth-order valence-electron chi connectivity index (χ4n) is 1.02. The van der Waals surface area contributed by atoms with Crippen molar-refractivity contribution in [1.82, 2.24) is 9.55 Å². The Labute approximate surface area is 80.7 Å². The minimum absolute atomic E-state index is 0.119. The van der Waals surface area contributed by atoms with Crippen LogP contribution in [0.15, 0.2) is 28.3 Å². The summed E-state index contributed by atoms with van der Waals surface area (Å²) < 4.78 is 6.43. The Bertz CT molecular complexity index is 430. The third-order valence-electron chi connectivity index (χ3n) is 1.70. The summed E-state index contributed by atoms with van der Waals surface area (Å²) in [5.41, 5.74) is -0.283. The van der Waals surface area contributed by atoms with Crippen LogP contribution in [0.3, 0.4) is 0 Å². The molecule has 0 saturated heterocycles. The third kappa shape index (κ3) is 2.43. The molecule has 1 rings (SSSR count). The normalized spacial score (nSPS) is 10.1. The molecular formula is C9H12N2O3. The van der Waals surface area contributed by atoms with Gasteiger partial charge in [-0.25, -0.2) is 4.79 Å². The molecule has 0 fully saturated rings. The molecule has 0 aliphatic carbocycles. The van der Waals surface area contributed by atoms with Gasteiger partial charge in [0.15, 0.2) is 0 Å². The molecular weight excluding hydrogens is 184 g/mol. The highest BCUT2D eigenvalue weighted by atomic mass is 16.5. The highest BCUT2D eigenvalue weighted by Crippen LogP contribution is 1.89. The van der Waals surface area contributed by atoms with Crippen LogP contribution in [0, 0.1) is 6.92 Å². The molecule has 1 N–H and O–H groups in total. The number of hydrogen-bond acceptors (Lipinski definition) is 3. The van der Waals surface area contributed by atoms with Crippen molar-refractivity contribution in [2.75, 3.05) is 6.61 Å². The van der Waals surface area contributed by atoms with Crippen LogP contribution in [0.25, 0.3) is 0 Å². The topological polar surface area (TPSA) is 64.1 Å². The van der Waals surface area contributed by atoms with Gasteiger partial charge in [0.1, 0.15) is 6.73 Å². The van der Waals surface area contributed by atoms with Gasteiger partial charge in [-0.2, -0.15) is 0 Å². The summed E-state index contributed by atoms with van der Waals surface area (Å²) in [6, 6.07) is 1.35. The molecule has 0 aromatic carbocycles. The van der Waals surface area contributed by atoms with E-state index in [0.29, 0.717) is 12.3 Å². The van der Waals surface area contributed by atoms with Crippen LogP contribution >= 0.6 is 0 Å². The second-order valence-corrected chi connectivity index (χ2v) is 2.80. The van der Waals surface area contributed by atoms with E-state index in [1.807, 2.05) is 0 Å². The molecule has 0 saturated carbocycles. The van der Waals surface area contributed by atoms with E-state index in [0.717, 1.165) is 0 Å². The van der Waals surface area contributed by atoms with E-state index in [-0.39, 0.29) is 6.73 Å². The molecule has 0 amide bonds. The molecule has 0 radical (unpaired) electrons. The lowest BCUT2D eigenvalue weighted by atomic mass is 10.4. The molecule has 1 aromatic heterocycles. The van der Waals surface area contributed by atoms with Crippen molar-refractivity contribution in [3.8, 4) is 0 Å². The van der Waals surface area contributed by atoms with Gasteiger partial charge in [0.05, 0.1) is 6.61 Å². The van der Waals surface area contributed by atoms with Crippen molar-refractivity contribution in [3.05, 3.63) is 45.3 Å². The molecule has 0 unspecified atom stereocenters. The van der Waals surface area contributed by atoms with Gasteiger partial charge in [-0.05, 0) is 6.92 Å². The molecule has 0 aliphatic heterocycles. The van der Waals surface area contributed by atoms with E-state index >= 15 is 0 Å². The van der Waals surface area contributed by atoms with Crippen molar-refractivity contribution in [2.45, 2.75) is 13.7 Å². The van der Waals surface area contributed by atoms with Gasteiger partial charge in [-0.1, -0.05) is 6.08 Å². The molecule has 5 heteroatoms. The van der Waals surface area contributed by atoms with Gasteiger partial charge in [0.25, 0.3) is 5.56 Å².